The highest BCUT2D eigenvalue weighted by Gasteiger charge is 2.20. The first kappa shape index (κ1) is 15.1. The van der Waals surface area contributed by atoms with E-state index in [2.05, 4.69) is 26.1 Å². The Labute approximate surface area is 139 Å². The van der Waals surface area contributed by atoms with Crippen LogP contribution in [0.1, 0.15) is 17.3 Å². The van der Waals surface area contributed by atoms with Gasteiger partial charge in [0, 0.05) is 10.0 Å². The molecule has 7 heteroatoms. The second-order valence-corrected chi connectivity index (χ2v) is 6.69. The zero-order chi connectivity index (χ0) is 15.5. The molecular weight excluding hydrogens is 368 g/mol. The highest BCUT2D eigenvalue weighted by Crippen LogP contribution is 2.28. The van der Waals surface area contributed by atoms with E-state index < -0.39 is 0 Å². The fourth-order valence-corrected chi connectivity index (χ4v) is 2.84. The van der Waals surface area contributed by atoms with Gasteiger partial charge in [0.25, 0.3) is 11.1 Å². The third-order valence-electron chi connectivity index (χ3n) is 2.91. The highest BCUT2D eigenvalue weighted by molar-refractivity contribution is 9.10. The maximum absolute atomic E-state index is 12.4. The molecule has 0 aliphatic rings. The van der Waals surface area contributed by atoms with Crippen molar-refractivity contribution in [2.75, 3.05) is 0 Å². The molecule has 1 aromatic carbocycles. The number of rotatable bonds is 5. The highest BCUT2D eigenvalue weighted by atomic mass is 79.9. The number of thioether (sulfide) groups is 1. The molecule has 0 unspecified atom stereocenters. The fraction of sp³-hybridized carbons (Fsp3) is 0.133. The van der Waals surface area contributed by atoms with Crippen molar-refractivity contribution in [2.45, 2.75) is 17.4 Å². The number of furan rings is 1. The number of benzene rings is 1. The number of aromatic nitrogens is 2. The van der Waals surface area contributed by atoms with Crippen LogP contribution in [0.2, 0.25) is 0 Å². The number of Topliss-reactive ketones (excluding diaryl/α,β-unsaturated/α-hetero) is 1. The van der Waals surface area contributed by atoms with Crippen molar-refractivity contribution in [3.63, 3.8) is 0 Å². The lowest BCUT2D eigenvalue weighted by molar-refractivity contribution is 0.0993. The Kier molecular flexibility index (Phi) is 4.44. The molecule has 0 fully saturated rings. The number of hydrogen-bond acceptors (Lipinski definition) is 6. The summed E-state index contributed by atoms with van der Waals surface area (Å²) in [5.41, 5.74) is 0.647. The quantitative estimate of drug-likeness (QED) is 0.482. The molecule has 0 bridgehead atoms. The van der Waals surface area contributed by atoms with E-state index >= 15 is 0 Å². The third-order valence-corrected chi connectivity index (χ3v) is 4.38. The molecule has 0 aliphatic heterocycles. The van der Waals surface area contributed by atoms with Crippen molar-refractivity contribution < 1.29 is 13.6 Å². The van der Waals surface area contributed by atoms with Crippen LogP contribution in [0.5, 0.6) is 0 Å². The van der Waals surface area contributed by atoms with Gasteiger partial charge in [-0.1, -0.05) is 39.8 Å². The topological polar surface area (TPSA) is 69.1 Å². The summed E-state index contributed by atoms with van der Waals surface area (Å²) in [7, 11) is 0. The number of ketones is 1. The summed E-state index contributed by atoms with van der Waals surface area (Å²) in [6.45, 7) is 1.81. The lowest BCUT2D eigenvalue weighted by Gasteiger charge is -2.07. The van der Waals surface area contributed by atoms with Crippen molar-refractivity contribution in [3.05, 3.63) is 52.7 Å². The van der Waals surface area contributed by atoms with Gasteiger partial charge in [-0.25, -0.2) is 0 Å². The Bertz CT molecular complexity index is 768. The molecule has 3 rings (SSSR count). The van der Waals surface area contributed by atoms with Crippen LogP contribution >= 0.6 is 27.7 Å². The largest absolute Gasteiger partial charge is 0.459 e. The molecule has 0 amide bonds. The Morgan fingerprint density at radius 2 is 2.00 bits per heavy atom. The molecule has 1 atom stereocenters. The molecular formula is C15H11BrN2O3S. The molecule has 2 heterocycles. The molecule has 2 aromatic heterocycles. The normalized spacial score (nSPS) is 12.3. The Hall–Kier alpha value is -1.86. The summed E-state index contributed by atoms with van der Waals surface area (Å²) in [6, 6.07) is 10.7. The second-order valence-electron chi connectivity index (χ2n) is 4.48. The van der Waals surface area contributed by atoms with Gasteiger partial charge in [0.05, 0.1) is 11.5 Å². The van der Waals surface area contributed by atoms with Crippen molar-refractivity contribution in [1.82, 2.24) is 10.2 Å². The Morgan fingerprint density at radius 3 is 2.68 bits per heavy atom. The number of hydrogen-bond donors (Lipinski definition) is 0. The van der Waals surface area contributed by atoms with Crippen molar-refractivity contribution in [2.24, 2.45) is 0 Å². The van der Waals surface area contributed by atoms with Gasteiger partial charge in [0.15, 0.2) is 11.5 Å². The van der Waals surface area contributed by atoms with Crippen molar-refractivity contribution >= 4 is 33.5 Å². The van der Waals surface area contributed by atoms with Crippen molar-refractivity contribution in [3.8, 4) is 11.7 Å². The van der Waals surface area contributed by atoms with E-state index in [0.717, 1.165) is 4.47 Å². The fourth-order valence-electron chi connectivity index (χ4n) is 1.81. The third kappa shape index (κ3) is 3.31. The van der Waals surface area contributed by atoms with Crippen LogP contribution in [0.3, 0.4) is 0 Å². The summed E-state index contributed by atoms with van der Waals surface area (Å²) in [5.74, 6) is 0.817. The van der Waals surface area contributed by atoms with Crippen LogP contribution in [0.4, 0.5) is 0 Å². The van der Waals surface area contributed by atoms with E-state index in [1.807, 2.05) is 19.1 Å². The Balaban J connectivity index is 1.70. The van der Waals surface area contributed by atoms with E-state index in [1.54, 1.807) is 24.3 Å². The van der Waals surface area contributed by atoms with Gasteiger partial charge in [-0.2, -0.15) is 0 Å². The first-order chi connectivity index (χ1) is 10.6. The van der Waals surface area contributed by atoms with Crippen LogP contribution in [0.25, 0.3) is 11.7 Å². The molecule has 0 saturated heterocycles. The first-order valence-corrected chi connectivity index (χ1v) is 8.14. The van der Waals surface area contributed by atoms with E-state index in [4.69, 9.17) is 8.83 Å². The monoisotopic (exact) mass is 378 g/mol. The molecule has 0 radical (unpaired) electrons. The number of carbonyl (C=O) groups is 1. The zero-order valence-corrected chi connectivity index (χ0v) is 13.9. The van der Waals surface area contributed by atoms with E-state index in [1.165, 1.54) is 18.0 Å². The zero-order valence-electron chi connectivity index (χ0n) is 11.5. The maximum atomic E-state index is 12.4. The summed E-state index contributed by atoms with van der Waals surface area (Å²) in [4.78, 5) is 12.4. The van der Waals surface area contributed by atoms with E-state index in [-0.39, 0.29) is 11.0 Å². The predicted molar refractivity (Wildman–Crippen MR) is 85.8 cm³/mol. The number of nitrogens with zero attached hydrogens (tertiary/aromatic N) is 2. The minimum absolute atomic E-state index is 0.00949. The molecule has 112 valence electrons. The van der Waals surface area contributed by atoms with Crippen LogP contribution in [0, 0.1) is 0 Å². The summed E-state index contributed by atoms with van der Waals surface area (Å²) >= 11 is 4.57. The SMILES string of the molecule is C[C@H](Sc1nnc(-c2ccco2)o1)C(=O)c1ccc(Br)cc1. The smallest absolute Gasteiger partial charge is 0.284 e. The second kappa shape index (κ2) is 6.50. The molecule has 5 nitrogen and oxygen atoms in total. The summed E-state index contributed by atoms with van der Waals surface area (Å²) in [6.07, 6.45) is 1.53. The molecule has 0 saturated carbocycles. The van der Waals surface area contributed by atoms with Gasteiger partial charge in [-0.3, -0.25) is 4.79 Å². The molecule has 0 aliphatic carbocycles. The van der Waals surface area contributed by atoms with E-state index in [0.29, 0.717) is 22.4 Å². The summed E-state index contributed by atoms with van der Waals surface area (Å²) in [5, 5.41) is 7.85. The predicted octanol–water partition coefficient (Wildman–Crippen LogP) is 4.46. The Morgan fingerprint density at radius 1 is 1.23 bits per heavy atom. The molecule has 0 N–H and O–H groups in total. The van der Waals surface area contributed by atoms with Crippen LogP contribution in [-0.2, 0) is 0 Å². The van der Waals surface area contributed by atoms with Gasteiger partial charge < -0.3 is 8.83 Å². The average molecular weight is 379 g/mol. The average Bonchev–Trinajstić information content (AvgIpc) is 3.18. The maximum Gasteiger partial charge on any atom is 0.284 e. The van der Waals surface area contributed by atoms with Crippen LogP contribution in [-0.4, -0.2) is 21.2 Å². The van der Waals surface area contributed by atoms with Gasteiger partial charge in [-0.15, -0.1) is 10.2 Å². The van der Waals surface area contributed by atoms with Gasteiger partial charge >= 0.3 is 0 Å². The first-order valence-electron chi connectivity index (χ1n) is 6.47. The lowest BCUT2D eigenvalue weighted by Crippen LogP contribution is -2.13. The van der Waals surface area contributed by atoms with Gasteiger partial charge in [0.1, 0.15) is 0 Å². The van der Waals surface area contributed by atoms with Gasteiger partial charge in [-0.05, 0) is 31.2 Å². The van der Waals surface area contributed by atoms with Crippen molar-refractivity contribution in [1.29, 1.82) is 0 Å². The molecule has 22 heavy (non-hydrogen) atoms. The molecule has 0 spiro atoms. The lowest BCUT2D eigenvalue weighted by atomic mass is 10.1. The minimum Gasteiger partial charge on any atom is -0.459 e. The molecule has 3 aromatic rings. The number of halogens is 1. The van der Waals surface area contributed by atoms with Gasteiger partial charge in [0.2, 0.25) is 0 Å². The van der Waals surface area contributed by atoms with Crippen LogP contribution in [0.15, 0.2) is 61.2 Å². The minimum atomic E-state index is -0.328. The summed E-state index contributed by atoms with van der Waals surface area (Å²) < 4.78 is 11.6. The van der Waals surface area contributed by atoms with Crippen LogP contribution < -0.4 is 0 Å². The number of carbonyl (C=O) groups excluding carboxylic acids is 1. The standard InChI is InChI=1S/C15H11BrN2O3S/c1-9(13(19)10-4-6-11(16)7-5-10)22-15-18-17-14(21-15)12-3-2-8-20-12/h2-9H,1H3/t9-/m0/s1. The van der Waals surface area contributed by atoms with E-state index in [9.17, 15) is 4.79 Å².